The minimum atomic E-state index is -0.796. The normalized spacial score (nSPS) is 12.5. The maximum absolute atomic E-state index is 12.8. The number of ether oxygens (including phenoxy) is 3. The molecule has 0 amide bonds. The van der Waals surface area contributed by atoms with Crippen molar-refractivity contribution in [1.82, 2.24) is 0 Å². The van der Waals surface area contributed by atoms with E-state index in [4.69, 9.17) is 14.2 Å². The topological polar surface area (TPSA) is 78.9 Å². The first kappa shape index (κ1) is 61.1. The molecule has 64 heavy (non-hydrogen) atoms. The lowest BCUT2D eigenvalue weighted by Crippen LogP contribution is -2.30. The highest BCUT2D eigenvalue weighted by Gasteiger charge is 2.19. The molecule has 0 spiro atoms. The second kappa shape index (κ2) is 52.7. The van der Waals surface area contributed by atoms with Gasteiger partial charge in [-0.3, -0.25) is 14.4 Å². The quantitative estimate of drug-likeness (QED) is 0.0262. The molecule has 6 heteroatoms. The molecular weight excluding hydrogens is 793 g/mol. The van der Waals surface area contributed by atoms with Crippen molar-refractivity contribution in [3.63, 3.8) is 0 Å². The third-order valence-corrected chi connectivity index (χ3v) is 11.8. The van der Waals surface area contributed by atoms with Gasteiger partial charge in [0.1, 0.15) is 13.2 Å². The Morgan fingerprint density at radius 3 is 1.05 bits per heavy atom. The predicted molar refractivity (Wildman–Crippen MR) is 275 cm³/mol. The van der Waals surface area contributed by atoms with Gasteiger partial charge in [-0.15, -0.1) is 0 Å². The Kier molecular flexibility index (Phi) is 50.4. The molecule has 0 bridgehead atoms. The predicted octanol–water partition coefficient (Wildman–Crippen LogP) is 18.0. The number of hydrogen-bond acceptors (Lipinski definition) is 6. The fraction of sp³-hybridized carbons (Fsp3) is 0.776. The van der Waals surface area contributed by atoms with E-state index in [0.29, 0.717) is 19.3 Å². The molecule has 0 saturated carbocycles. The number of allylic oxidation sites excluding steroid dienone is 10. The minimum absolute atomic E-state index is 0.0914. The average molecular weight is 895 g/mol. The van der Waals surface area contributed by atoms with Gasteiger partial charge in [0.15, 0.2) is 6.10 Å². The van der Waals surface area contributed by atoms with E-state index < -0.39 is 6.10 Å². The van der Waals surface area contributed by atoms with Gasteiger partial charge in [0.05, 0.1) is 0 Å². The van der Waals surface area contributed by atoms with Crippen molar-refractivity contribution in [3.05, 3.63) is 60.8 Å². The molecule has 0 fully saturated rings. The first-order chi connectivity index (χ1) is 31.5. The van der Waals surface area contributed by atoms with Crippen LogP contribution in [0.15, 0.2) is 60.8 Å². The second-order valence-electron chi connectivity index (χ2n) is 18.1. The highest BCUT2D eigenvalue weighted by molar-refractivity contribution is 5.71. The molecule has 6 nitrogen and oxygen atoms in total. The molecular formula is C58H102O6. The van der Waals surface area contributed by atoms with Gasteiger partial charge < -0.3 is 14.2 Å². The molecule has 0 aromatic heterocycles. The van der Waals surface area contributed by atoms with Crippen molar-refractivity contribution in [2.24, 2.45) is 0 Å². The zero-order valence-electron chi connectivity index (χ0n) is 42.3. The van der Waals surface area contributed by atoms with E-state index in [-0.39, 0.29) is 37.5 Å². The van der Waals surface area contributed by atoms with Crippen LogP contribution in [0.25, 0.3) is 0 Å². The molecule has 0 aliphatic heterocycles. The SMILES string of the molecule is CC/C=C\C/C=C\C/C=C\C/C=C\CCCCC(=O)OC(COC(=O)CCCCCCC/C=C\CCCC)COC(=O)CCCCCCCCCCCCCCCCCCCCCC. The van der Waals surface area contributed by atoms with Gasteiger partial charge in [-0.05, 0) is 77.0 Å². The van der Waals surface area contributed by atoms with Crippen molar-refractivity contribution in [2.75, 3.05) is 13.2 Å². The van der Waals surface area contributed by atoms with Crippen molar-refractivity contribution in [1.29, 1.82) is 0 Å². The zero-order valence-corrected chi connectivity index (χ0v) is 42.3. The summed E-state index contributed by atoms with van der Waals surface area (Å²) in [5.41, 5.74) is 0. The Labute approximate surface area is 396 Å². The summed E-state index contributed by atoms with van der Waals surface area (Å²) in [6.07, 6.45) is 65.1. The number of rotatable bonds is 49. The zero-order chi connectivity index (χ0) is 46.5. The van der Waals surface area contributed by atoms with Gasteiger partial charge in [-0.2, -0.15) is 0 Å². The fourth-order valence-electron chi connectivity index (χ4n) is 7.65. The van der Waals surface area contributed by atoms with Gasteiger partial charge in [0, 0.05) is 19.3 Å². The van der Waals surface area contributed by atoms with Crippen LogP contribution in [0.1, 0.15) is 271 Å². The van der Waals surface area contributed by atoms with E-state index in [9.17, 15) is 14.4 Å². The van der Waals surface area contributed by atoms with Crippen LogP contribution >= 0.6 is 0 Å². The fourth-order valence-corrected chi connectivity index (χ4v) is 7.65. The van der Waals surface area contributed by atoms with Gasteiger partial charge in [-0.25, -0.2) is 0 Å². The van der Waals surface area contributed by atoms with E-state index in [1.807, 2.05) is 0 Å². The van der Waals surface area contributed by atoms with Crippen LogP contribution < -0.4 is 0 Å². The summed E-state index contributed by atoms with van der Waals surface area (Å²) in [6, 6.07) is 0. The molecule has 0 heterocycles. The first-order valence-corrected chi connectivity index (χ1v) is 27.3. The lowest BCUT2D eigenvalue weighted by Gasteiger charge is -2.18. The van der Waals surface area contributed by atoms with Gasteiger partial charge in [0.25, 0.3) is 0 Å². The number of carbonyl (C=O) groups excluding carboxylic acids is 3. The van der Waals surface area contributed by atoms with Crippen molar-refractivity contribution >= 4 is 17.9 Å². The van der Waals surface area contributed by atoms with E-state index in [1.165, 1.54) is 141 Å². The molecule has 1 atom stereocenters. The summed E-state index contributed by atoms with van der Waals surface area (Å²) in [4.78, 5) is 38.0. The summed E-state index contributed by atoms with van der Waals surface area (Å²) in [6.45, 7) is 6.46. The lowest BCUT2D eigenvalue weighted by atomic mass is 10.0. The largest absolute Gasteiger partial charge is 0.462 e. The maximum Gasteiger partial charge on any atom is 0.306 e. The van der Waals surface area contributed by atoms with Crippen LogP contribution in [0.4, 0.5) is 0 Å². The molecule has 1 unspecified atom stereocenters. The van der Waals surface area contributed by atoms with Crippen LogP contribution in [0.5, 0.6) is 0 Å². The molecule has 0 radical (unpaired) electrons. The third kappa shape index (κ3) is 50.1. The lowest BCUT2D eigenvalue weighted by molar-refractivity contribution is -0.167. The van der Waals surface area contributed by atoms with Gasteiger partial charge >= 0.3 is 17.9 Å². The van der Waals surface area contributed by atoms with Crippen molar-refractivity contribution in [3.8, 4) is 0 Å². The highest BCUT2D eigenvalue weighted by atomic mass is 16.6. The third-order valence-electron chi connectivity index (χ3n) is 11.8. The average Bonchev–Trinajstić information content (AvgIpc) is 3.29. The van der Waals surface area contributed by atoms with E-state index in [1.54, 1.807) is 0 Å². The van der Waals surface area contributed by atoms with E-state index >= 15 is 0 Å². The van der Waals surface area contributed by atoms with Gasteiger partial charge in [0.2, 0.25) is 0 Å². The number of esters is 3. The summed E-state index contributed by atoms with van der Waals surface area (Å²) in [5.74, 6) is -0.936. The molecule has 0 aromatic rings. The number of hydrogen-bond donors (Lipinski definition) is 0. The van der Waals surface area contributed by atoms with E-state index in [2.05, 4.69) is 81.5 Å². The maximum atomic E-state index is 12.8. The Hall–Kier alpha value is -2.89. The van der Waals surface area contributed by atoms with Crippen LogP contribution in [-0.2, 0) is 28.6 Å². The Morgan fingerprint density at radius 1 is 0.328 bits per heavy atom. The molecule has 0 N–H and O–H groups in total. The Morgan fingerprint density at radius 2 is 0.625 bits per heavy atom. The molecule has 0 aliphatic rings. The molecule has 0 aromatic carbocycles. The van der Waals surface area contributed by atoms with Crippen LogP contribution in [0, 0.1) is 0 Å². The monoisotopic (exact) mass is 895 g/mol. The summed E-state index contributed by atoms with van der Waals surface area (Å²) >= 11 is 0. The van der Waals surface area contributed by atoms with Crippen LogP contribution in [0.3, 0.4) is 0 Å². The standard InChI is InChI=1S/C58H102O6/c1-4-7-10-13-16-19-22-24-26-27-28-29-30-32-33-36-39-42-45-48-51-57(60)63-54-55(53-62-56(59)50-47-44-41-38-35-21-18-15-12-9-6-3)64-58(61)52-49-46-43-40-37-34-31-25-23-20-17-14-11-8-5-2/h8,11,15,17-18,20,25,31,37,40,55H,4-7,9-10,12-14,16,19,21-24,26-30,32-36,38-39,41-54H2,1-3H3/b11-8-,18-15-,20-17-,31-25-,40-37-. The Bertz CT molecular complexity index is 1170. The minimum Gasteiger partial charge on any atom is -0.462 e. The molecule has 0 saturated heterocycles. The molecule has 370 valence electrons. The van der Waals surface area contributed by atoms with Gasteiger partial charge in [-0.1, -0.05) is 236 Å². The first-order valence-electron chi connectivity index (χ1n) is 27.3. The summed E-state index contributed by atoms with van der Waals surface area (Å²) in [7, 11) is 0. The number of carbonyl (C=O) groups is 3. The smallest absolute Gasteiger partial charge is 0.306 e. The van der Waals surface area contributed by atoms with Crippen molar-refractivity contribution < 1.29 is 28.6 Å². The molecule has 0 aliphatic carbocycles. The summed E-state index contributed by atoms with van der Waals surface area (Å²) < 4.78 is 16.8. The highest BCUT2D eigenvalue weighted by Crippen LogP contribution is 2.16. The van der Waals surface area contributed by atoms with Crippen LogP contribution in [-0.4, -0.2) is 37.2 Å². The summed E-state index contributed by atoms with van der Waals surface area (Å²) in [5, 5.41) is 0. The number of unbranched alkanes of at least 4 members (excludes halogenated alkanes) is 28. The van der Waals surface area contributed by atoms with E-state index in [0.717, 1.165) is 83.5 Å². The Balaban J connectivity index is 4.34. The van der Waals surface area contributed by atoms with Crippen LogP contribution in [0.2, 0.25) is 0 Å². The molecule has 0 rings (SSSR count). The van der Waals surface area contributed by atoms with Crippen molar-refractivity contribution in [2.45, 2.75) is 277 Å². The second-order valence-corrected chi connectivity index (χ2v) is 18.1.